The van der Waals surface area contributed by atoms with Crippen LogP contribution in [-0.4, -0.2) is 37.2 Å². The van der Waals surface area contributed by atoms with Crippen LogP contribution in [-0.2, 0) is 11.2 Å². The number of aromatic nitrogens is 4. The zero-order valence-electron chi connectivity index (χ0n) is 15.1. The number of aliphatic hydroxyl groups is 1. The fourth-order valence-electron chi connectivity index (χ4n) is 3.81. The van der Waals surface area contributed by atoms with Gasteiger partial charge in [0.2, 0.25) is 5.95 Å². The molecule has 2 aromatic heterocycles. The third kappa shape index (κ3) is 2.92. The van der Waals surface area contributed by atoms with E-state index in [-0.39, 0.29) is 23.8 Å². The number of nitrogens with zero attached hydrogens (tertiary/aromatic N) is 4. The first kappa shape index (κ1) is 16.9. The molecule has 0 fully saturated rings. The molecule has 1 unspecified atom stereocenters. The quantitative estimate of drug-likeness (QED) is 0.876. The highest BCUT2D eigenvalue weighted by Gasteiger charge is 2.42. The normalized spacial score (nSPS) is 21.2. The SMILES string of the molecule is CC1(C)CC(=O)C2=C(C1)Nc1nc(CCCO)nn1C2c1ccccn1. The number of carbonyl (C=O) groups is 1. The van der Waals surface area contributed by atoms with Gasteiger partial charge in [0.25, 0.3) is 0 Å². The summed E-state index contributed by atoms with van der Waals surface area (Å²) in [6.45, 7) is 4.32. The Labute approximate surface area is 152 Å². The number of rotatable bonds is 4. The van der Waals surface area contributed by atoms with Crippen molar-refractivity contribution in [2.24, 2.45) is 5.41 Å². The summed E-state index contributed by atoms with van der Waals surface area (Å²) in [7, 11) is 0. The van der Waals surface area contributed by atoms with Gasteiger partial charge in [0, 0.05) is 36.9 Å². The largest absolute Gasteiger partial charge is 0.396 e. The maximum absolute atomic E-state index is 13.0. The molecule has 1 aliphatic heterocycles. The average Bonchev–Trinajstić information content (AvgIpc) is 3.00. The van der Waals surface area contributed by atoms with Crippen molar-refractivity contribution in [3.63, 3.8) is 0 Å². The van der Waals surface area contributed by atoms with Gasteiger partial charge in [-0.3, -0.25) is 9.78 Å². The van der Waals surface area contributed by atoms with E-state index in [2.05, 4.69) is 34.2 Å². The maximum atomic E-state index is 13.0. The summed E-state index contributed by atoms with van der Waals surface area (Å²) in [6.07, 6.45) is 4.24. The Morgan fingerprint density at radius 1 is 1.35 bits per heavy atom. The predicted molar refractivity (Wildman–Crippen MR) is 96.5 cm³/mol. The number of anilines is 1. The van der Waals surface area contributed by atoms with Gasteiger partial charge < -0.3 is 10.4 Å². The highest BCUT2D eigenvalue weighted by molar-refractivity contribution is 5.99. The lowest BCUT2D eigenvalue weighted by molar-refractivity contribution is -0.118. The molecule has 3 heterocycles. The molecule has 2 aromatic rings. The topological polar surface area (TPSA) is 92.9 Å². The third-order valence-corrected chi connectivity index (χ3v) is 4.90. The van der Waals surface area contributed by atoms with Crippen LogP contribution in [0.1, 0.15) is 50.7 Å². The number of fused-ring (bicyclic) bond motifs is 1. The lowest BCUT2D eigenvalue weighted by atomic mass is 9.73. The smallest absolute Gasteiger partial charge is 0.226 e. The van der Waals surface area contributed by atoms with Crippen LogP contribution >= 0.6 is 0 Å². The minimum absolute atomic E-state index is 0.0838. The van der Waals surface area contributed by atoms with Gasteiger partial charge in [0.05, 0.1) is 5.69 Å². The number of nitrogens with one attached hydrogen (secondary N) is 1. The van der Waals surface area contributed by atoms with E-state index in [9.17, 15) is 4.79 Å². The van der Waals surface area contributed by atoms with Crippen molar-refractivity contribution in [2.75, 3.05) is 11.9 Å². The first-order chi connectivity index (χ1) is 12.5. The van der Waals surface area contributed by atoms with Crippen LogP contribution in [0.4, 0.5) is 5.95 Å². The molecular formula is C19H23N5O2. The Bertz CT molecular complexity index is 869. The van der Waals surface area contributed by atoms with Crippen LogP contribution in [0.25, 0.3) is 0 Å². The standard InChI is InChI=1S/C19H23N5O2/c1-19(2)10-13-16(14(26)11-19)17(12-6-3-4-8-20-12)24-18(21-13)22-15(23-24)7-5-9-25/h3-4,6,8,17,25H,5,7,9-11H2,1-2H3,(H,21,22,23). The number of aliphatic hydroxyl groups excluding tert-OH is 1. The van der Waals surface area contributed by atoms with Gasteiger partial charge in [-0.25, -0.2) is 4.68 Å². The summed E-state index contributed by atoms with van der Waals surface area (Å²) < 4.78 is 1.77. The monoisotopic (exact) mass is 353 g/mol. The van der Waals surface area contributed by atoms with E-state index in [4.69, 9.17) is 5.11 Å². The van der Waals surface area contributed by atoms with E-state index in [0.717, 1.165) is 23.4 Å². The number of Topliss-reactive ketones (excluding diaryl/α,β-unsaturated/α-hetero) is 1. The number of ketones is 1. The molecule has 7 nitrogen and oxygen atoms in total. The fourth-order valence-corrected chi connectivity index (χ4v) is 3.81. The Kier molecular flexibility index (Phi) is 4.11. The Hall–Kier alpha value is -2.54. The summed E-state index contributed by atoms with van der Waals surface area (Å²) in [6, 6.07) is 5.35. The summed E-state index contributed by atoms with van der Waals surface area (Å²) in [5.41, 5.74) is 2.37. The number of carbonyl (C=O) groups excluding carboxylic acids is 1. The molecule has 0 amide bonds. The van der Waals surface area contributed by atoms with Crippen LogP contribution in [0.5, 0.6) is 0 Å². The second-order valence-corrected chi connectivity index (χ2v) is 7.74. The van der Waals surface area contributed by atoms with E-state index in [1.54, 1.807) is 10.9 Å². The van der Waals surface area contributed by atoms with E-state index >= 15 is 0 Å². The summed E-state index contributed by atoms with van der Waals surface area (Å²) in [5, 5.41) is 17.0. The number of pyridine rings is 1. The molecule has 26 heavy (non-hydrogen) atoms. The minimum Gasteiger partial charge on any atom is -0.396 e. The zero-order valence-corrected chi connectivity index (χ0v) is 15.1. The molecule has 0 bridgehead atoms. The molecule has 2 N–H and O–H groups in total. The molecule has 7 heteroatoms. The lowest BCUT2D eigenvalue weighted by Gasteiger charge is -2.37. The van der Waals surface area contributed by atoms with Crippen molar-refractivity contribution in [2.45, 2.75) is 45.6 Å². The van der Waals surface area contributed by atoms with Gasteiger partial charge in [-0.2, -0.15) is 10.1 Å². The van der Waals surface area contributed by atoms with Gasteiger partial charge >= 0.3 is 0 Å². The van der Waals surface area contributed by atoms with Crippen LogP contribution in [0.3, 0.4) is 0 Å². The first-order valence-electron chi connectivity index (χ1n) is 8.99. The minimum atomic E-state index is -0.360. The van der Waals surface area contributed by atoms with Crippen molar-refractivity contribution in [1.29, 1.82) is 0 Å². The number of allylic oxidation sites excluding steroid dienone is 2. The van der Waals surface area contributed by atoms with Gasteiger partial charge in [0.1, 0.15) is 6.04 Å². The molecule has 0 aromatic carbocycles. The molecule has 0 saturated heterocycles. The fraction of sp³-hybridized carbons (Fsp3) is 0.474. The first-order valence-corrected chi connectivity index (χ1v) is 8.99. The number of hydrogen-bond acceptors (Lipinski definition) is 6. The number of hydrogen-bond donors (Lipinski definition) is 2. The van der Waals surface area contributed by atoms with Gasteiger partial charge in [-0.15, -0.1) is 0 Å². The summed E-state index contributed by atoms with van der Waals surface area (Å²) in [5.74, 6) is 1.43. The molecule has 0 radical (unpaired) electrons. The van der Waals surface area contributed by atoms with Crippen LogP contribution in [0.2, 0.25) is 0 Å². The summed E-state index contributed by atoms with van der Waals surface area (Å²) >= 11 is 0. The highest BCUT2D eigenvalue weighted by atomic mass is 16.3. The van der Waals surface area contributed by atoms with Crippen LogP contribution < -0.4 is 5.32 Å². The molecule has 2 aliphatic rings. The predicted octanol–water partition coefficient (Wildman–Crippen LogP) is 2.26. The molecule has 1 aliphatic carbocycles. The molecule has 0 saturated carbocycles. The van der Waals surface area contributed by atoms with Gasteiger partial charge in [0.15, 0.2) is 11.6 Å². The molecule has 0 spiro atoms. The van der Waals surface area contributed by atoms with E-state index < -0.39 is 0 Å². The van der Waals surface area contributed by atoms with Crippen molar-refractivity contribution in [3.05, 3.63) is 47.2 Å². The molecule has 4 rings (SSSR count). The Balaban J connectivity index is 1.83. The average molecular weight is 353 g/mol. The van der Waals surface area contributed by atoms with Crippen molar-refractivity contribution < 1.29 is 9.90 Å². The molecule has 1 atom stereocenters. The molecule has 136 valence electrons. The Morgan fingerprint density at radius 2 is 2.19 bits per heavy atom. The van der Waals surface area contributed by atoms with Crippen molar-refractivity contribution in [3.8, 4) is 0 Å². The van der Waals surface area contributed by atoms with Gasteiger partial charge in [-0.1, -0.05) is 19.9 Å². The zero-order chi connectivity index (χ0) is 18.3. The van der Waals surface area contributed by atoms with Gasteiger partial charge in [-0.05, 0) is 30.4 Å². The van der Waals surface area contributed by atoms with Crippen molar-refractivity contribution >= 4 is 11.7 Å². The van der Waals surface area contributed by atoms with E-state index in [1.165, 1.54) is 0 Å². The van der Waals surface area contributed by atoms with Crippen LogP contribution in [0.15, 0.2) is 35.7 Å². The van der Waals surface area contributed by atoms with Crippen molar-refractivity contribution in [1.82, 2.24) is 19.7 Å². The van der Waals surface area contributed by atoms with E-state index in [0.29, 0.717) is 31.0 Å². The van der Waals surface area contributed by atoms with E-state index in [1.807, 2.05) is 18.2 Å². The maximum Gasteiger partial charge on any atom is 0.226 e. The lowest BCUT2D eigenvalue weighted by Crippen LogP contribution is -2.36. The number of aryl methyl sites for hydroxylation is 1. The highest BCUT2D eigenvalue weighted by Crippen LogP contribution is 2.44. The van der Waals surface area contributed by atoms with Crippen LogP contribution in [0, 0.1) is 5.41 Å². The Morgan fingerprint density at radius 3 is 2.92 bits per heavy atom. The second kappa shape index (κ2) is 6.32. The second-order valence-electron chi connectivity index (χ2n) is 7.74. The summed E-state index contributed by atoms with van der Waals surface area (Å²) in [4.78, 5) is 22.1. The molecular weight excluding hydrogens is 330 g/mol. The third-order valence-electron chi connectivity index (χ3n) is 4.90.